The summed E-state index contributed by atoms with van der Waals surface area (Å²) in [5.74, 6) is 1.73. The van der Waals surface area contributed by atoms with Gasteiger partial charge < -0.3 is 19.5 Å². The average Bonchev–Trinajstić information content (AvgIpc) is 2.54. The number of hydrogen-bond donors (Lipinski definition) is 1. The molecule has 2 unspecified atom stereocenters. The Morgan fingerprint density at radius 1 is 1.43 bits per heavy atom. The monoisotopic (exact) mass is 288 g/mol. The van der Waals surface area contributed by atoms with Crippen LogP contribution < -0.4 is 9.64 Å². The second kappa shape index (κ2) is 5.87. The van der Waals surface area contributed by atoms with Gasteiger partial charge in [-0.25, -0.2) is 4.98 Å². The van der Waals surface area contributed by atoms with Crippen molar-refractivity contribution in [2.24, 2.45) is 0 Å². The van der Waals surface area contributed by atoms with E-state index in [2.05, 4.69) is 16.8 Å². The fourth-order valence-electron chi connectivity index (χ4n) is 2.71. The number of fused-ring (bicyclic) bond motifs is 1. The molecular weight excluding hydrogens is 268 g/mol. The number of hydrogen-bond acceptors (Lipinski definition) is 5. The highest BCUT2D eigenvalue weighted by molar-refractivity contribution is 5.93. The van der Waals surface area contributed by atoms with Gasteiger partial charge in [0.05, 0.1) is 32.5 Å². The number of aliphatic hydroxyl groups excluding tert-OH is 1. The van der Waals surface area contributed by atoms with Gasteiger partial charge in [-0.3, -0.25) is 0 Å². The van der Waals surface area contributed by atoms with Gasteiger partial charge in [0.15, 0.2) is 0 Å². The van der Waals surface area contributed by atoms with Crippen LogP contribution in [0.15, 0.2) is 30.5 Å². The first-order chi connectivity index (χ1) is 10.2. The molecule has 0 saturated carbocycles. The van der Waals surface area contributed by atoms with Crippen molar-refractivity contribution in [3.05, 3.63) is 30.5 Å². The Kier molecular flexibility index (Phi) is 3.94. The van der Waals surface area contributed by atoms with Crippen molar-refractivity contribution in [3.8, 4) is 5.75 Å². The molecule has 1 N–H and O–H groups in total. The molecule has 0 spiro atoms. The molecule has 5 heteroatoms. The molecule has 2 heterocycles. The fourth-order valence-corrected chi connectivity index (χ4v) is 2.71. The molecule has 1 fully saturated rings. The van der Waals surface area contributed by atoms with E-state index in [9.17, 15) is 5.11 Å². The molecule has 2 aromatic rings. The van der Waals surface area contributed by atoms with Crippen LogP contribution in [0.1, 0.15) is 6.92 Å². The van der Waals surface area contributed by atoms with E-state index in [1.807, 2.05) is 30.5 Å². The lowest BCUT2D eigenvalue weighted by Crippen LogP contribution is -2.50. The van der Waals surface area contributed by atoms with Crippen molar-refractivity contribution >= 4 is 16.6 Å². The molecule has 0 aliphatic carbocycles. The summed E-state index contributed by atoms with van der Waals surface area (Å²) in [5, 5.41) is 11.5. The fraction of sp³-hybridized carbons (Fsp3) is 0.438. The molecule has 0 radical (unpaired) electrons. The second-order valence-corrected chi connectivity index (χ2v) is 5.36. The summed E-state index contributed by atoms with van der Waals surface area (Å²) in [6.07, 6.45) is 1.66. The van der Waals surface area contributed by atoms with Crippen LogP contribution in [0, 0.1) is 0 Å². The predicted molar refractivity (Wildman–Crippen MR) is 81.9 cm³/mol. The van der Waals surface area contributed by atoms with Gasteiger partial charge in [0, 0.05) is 18.1 Å². The van der Waals surface area contributed by atoms with E-state index >= 15 is 0 Å². The van der Waals surface area contributed by atoms with Crippen LogP contribution in [0.3, 0.4) is 0 Å². The van der Waals surface area contributed by atoms with Crippen LogP contribution in [-0.2, 0) is 4.74 Å². The zero-order valence-corrected chi connectivity index (χ0v) is 12.3. The molecule has 2 atom stereocenters. The third-order valence-corrected chi connectivity index (χ3v) is 3.93. The Labute approximate surface area is 124 Å². The Balaban J connectivity index is 2.05. The zero-order valence-electron chi connectivity index (χ0n) is 12.3. The zero-order chi connectivity index (χ0) is 14.8. The SMILES string of the molecule is COc1ccc2ccnc(N3CC(CO)OCC3C)c2c1. The van der Waals surface area contributed by atoms with Crippen LogP contribution in [0.25, 0.3) is 10.8 Å². The van der Waals surface area contributed by atoms with Crippen LogP contribution in [0.2, 0.25) is 0 Å². The van der Waals surface area contributed by atoms with Crippen molar-refractivity contribution in [2.45, 2.75) is 19.1 Å². The minimum atomic E-state index is -0.163. The highest BCUT2D eigenvalue weighted by atomic mass is 16.5. The Bertz CT molecular complexity index is 632. The average molecular weight is 288 g/mol. The molecule has 1 aromatic heterocycles. The van der Waals surface area contributed by atoms with Crippen LogP contribution >= 0.6 is 0 Å². The summed E-state index contributed by atoms with van der Waals surface area (Å²) >= 11 is 0. The summed E-state index contributed by atoms with van der Waals surface area (Å²) in [4.78, 5) is 6.76. The number of methoxy groups -OCH3 is 1. The molecule has 0 bridgehead atoms. The van der Waals surface area contributed by atoms with Crippen molar-refractivity contribution in [1.29, 1.82) is 0 Å². The summed E-state index contributed by atoms with van der Waals surface area (Å²) < 4.78 is 10.9. The molecule has 21 heavy (non-hydrogen) atoms. The molecule has 3 rings (SSSR count). The number of nitrogens with zero attached hydrogens (tertiary/aromatic N) is 2. The van der Waals surface area contributed by atoms with E-state index in [4.69, 9.17) is 9.47 Å². The highest BCUT2D eigenvalue weighted by Crippen LogP contribution is 2.30. The standard InChI is InChI=1S/C16H20N2O3/c1-11-10-21-14(9-19)8-18(11)16-15-7-13(20-2)4-3-12(15)5-6-17-16/h3-7,11,14,19H,8-10H2,1-2H3. The molecule has 0 amide bonds. The predicted octanol–water partition coefficient (Wildman–Crippen LogP) is 1.83. The van der Waals surface area contributed by atoms with E-state index in [-0.39, 0.29) is 18.8 Å². The Hall–Kier alpha value is -1.85. The van der Waals surface area contributed by atoms with Gasteiger partial charge >= 0.3 is 0 Å². The van der Waals surface area contributed by atoms with Crippen molar-refractivity contribution in [1.82, 2.24) is 4.98 Å². The maximum absolute atomic E-state index is 9.35. The Morgan fingerprint density at radius 2 is 2.29 bits per heavy atom. The van der Waals surface area contributed by atoms with Crippen LogP contribution in [0.4, 0.5) is 5.82 Å². The number of anilines is 1. The minimum absolute atomic E-state index is 0.0251. The highest BCUT2D eigenvalue weighted by Gasteiger charge is 2.27. The minimum Gasteiger partial charge on any atom is -0.497 e. The van der Waals surface area contributed by atoms with E-state index in [1.165, 1.54) is 0 Å². The van der Waals surface area contributed by atoms with Gasteiger partial charge in [-0.15, -0.1) is 0 Å². The normalized spacial score (nSPS) is 22.5. The Morgan fingerprint density at radius 3 is 3.05 bits per heavy atom. The molecule has 5 nitrogen and oxygen atoms in total. The molecule has 1 aliphatic heterocycles. The van der Waals surface area contributed by atoms with E-state index in [1.54, 1.807) is 7.11 Å². The first-order valence-corrected chi connectivity index (χ1v) is 7.14. The van der Waals surface area contributed by atoms with Gasteiger partial charge in [-0.1, -0.05) is 6.07 Å². The molecule has 1 aliphatic rings. The van der Waals surface area contributed by atoms with Gasteiger partial charge in [-0.05, 0) is 30.5 Å². The number of aliphatic hydroxyl groups is 1. The number of rotatable bonds is 3. The molecular formula is C16H20N2O3. The van der Waals surface area contributed by atoms with E-state index < -0.39 is 0 Å². The van der Waals surface area contributed by atoms with Gasteiger partial charge in [0.1, 0.15) is 11.6 Å². The molecule has 1 saturated heterocycles. The van der Waals surface area contributed by atoms with Gasteiger partial charge in [-0.2, -0.15) is 0 Å². The lowest BCUT2D eigenvalue weighted by molar-refractivity contribution is -0.0104. The number of pyridine rings is 1. The summed E-state index contributed by atoms with van der Waals surface area (Å²) in [5.41, 5.74) is 0. The first kappa shape index (κ1) is 14.1. The van der Waals surface area contributed by atoms with Crippen LogP contribution in [0.5, 0.6) is 5.75 Å². The maximum Gasteiger partial charge on any atom is 0.136 e. The summed E-state index contributed by atoms with van der Waals surface area (Å²) in [6.45, 7) is 3.36. The second-order valence-electron chi connectivity index (χ2n) is 5.36. The maximum atomic E-state index is 9.35. The van der Waals surface area contributed by atoms with Crippen molar-refractivity contribution < 1.29 is 14.6 Å². The third-order valence-electron chi connectivity index (χ3n) is 3.93. The van der Waals surface area contributed by atoms with Gasteiger partial charge in [0.2, 0.25) is 0 Å². The number of morpholine rings is 1. The van der Waals surface area contributed by atoms with E-state index in [0.717, 1.165) is 22.3 Å². The van der Waals surface area contributed by atoms with Crippen molar-refractivity contribution in [3.63, 3.8) is 0 Å². The quantitative estimate of drug-likeness (QED) is 0.934. The smallest absolute Gasteiger partial charge is 0.136 e. The first-order valence-electron chi connectivity index (χ1n) is 7.14. The summed E-state index contributed by atoms with van der Waals surface area (Å²) in [7, 11) is 1.66. The number of aromatic nitrogens is 1. The molecule has 112 valence electrons. The number of ether oxygens (including phenoxy) is 2. The van der Waals surface area contributed by atoms with E-state index in [0.29, 0.717) is 13.2 Å². The molecule has 1 aromatic carbocycles. The van der Waals surface area contributed by atoms with Crippen molar-refractivity contribution in [2.75, 3.05) is 31.8 Å². The lowest BCUT2D eigenvalue weighted by atomic mass is 10.1. The topological polar surface area (TPSA) is 54.8 Å². The largest absolute Gasteiger partial charge is 0.497 e. The lowest BCUT2D eigenvalue weighted by Gasteiger charge is -2.38. The number of benzene rings is 1. The summed E-state index contributed by atoms with van der Waals surface area (Å²) in [6, 6.07) is 8.21. The third kappa shape index (κ3) is 2.66. The van der Waals surface area contributed by atoms with Gasteiger partial charge in [0.25, 0.3) is 0 Å². The van der Waals surface area contributed by atoms with Crippen LogP contribution in [-0.4, -0.2) is 49.1 Å².